The van der Waals surface area contributed by atoms with Gasteiger partial charge in [0.15, 0.2) is 5.03 Å². The normalized spacial score (nSPS) is 11.7. The van der Waals surface area contributed by atoms with Gasteiger partial charge in [-0.25, -0.2) is 18.1 Å². The van der Waals surface area contributed by atoms with Gasteiger partial charge in [0, 0.05) is 11.6 Å². The number of sulfonamides is 1. The molecular formula is C7H8N4O2S2. The van der Waals surface area contributed by atoms with Crippen molar-refractivity contribution < 1.29 is 8.42 Å². The molecule has 0 aliphatic heterocycles. The molecule has 2 aromatic rings. The minimum Gasteiger partial charge on any atom is -0.266 e. The van der Waals surface area contributed by atoms with E-state index in [9.17, 15) is 8.42 Å². The van der Waals surface area contributed by atoms with Gasteiger partial charge in [-0.3, -0.25) is 5.10 Å². The van der Waals surface area contributed by atoms with E-state index in [0.717, 1.165) is 5.01 Å². The zero-order valence-corrected chi connectivity index (χ0v) is 9.18. The lowest BCUT2D eigenvalue weighted by molar-refractivity contribution is 0.577. The Morgan fingerprint density at radius 3 is 2.93 bits per heavy atom. The van der Waals surface area contributed by atoms with E-state index in [1.54, 1.807) is 11.6 Å². The summed E-state index contributed by atoms with van der Waals surface area (Å²) in [6.45, 7) is 0.193. The molecule has 0 unspecified atom stereocenters. The fraction of sp³-hybridized carbons (Fsp3) is 0.143. The van der Waals surface area contributed by atoms with Crippen molar-refractivity contribution in [2.24, 2.45) is 0 Å². The van der Waals surface area contributed by atoms with Crippen LogP contribution in [0.1, 0.15) is 5.01 Å². The van der Waals surface area contributed by atoms with Gasteiger partial charge in [-0.05, 0) is 6.07 Å². The molecular weight excluding hydrogens is 236 g/mol. The lowest BCUT2D eigenvalue weighted by Gasteiger charge is -2.01. The van der Waals surface area contributed by atoms with Crippen LogP contribution in [0.5, 0.6) is 0 Å². The molecule has 0 saturated heterocycles. The highest BCUT2D eigenvalue weighted by molar-refractivity contribution is 7.89. The summed E-state index contributed by atoms with van der Waals surface area (Å²) in [5, 5.41) is 8.53. The monoisotopic (exact) mass is 244 g/mol. The first-order valence-corrected chi connectivity index (χ1v) is 6.42. The van der Waals surface area contributed by atoms with E-state index in [1.807, 2.05) is 0 Å². The van der Waals surface area contributed by atoms with E-state index in [1.165, 1.54) is 23.6 Å². The van der Waals surface area contributed by atoms with Gasteiger partial charge in [0.2, 0.25) is 0 Å². The van der Waals surface area contributed by atoms with Crippen LogP contribution >= 0.6 is 11.3 Å². The molecule has 2 aromatic heterocycles. The number of nitrogens with one attached hydrogen (secondary N) is 2. The second-order valence-corrected chi connectivity index (χ2v) is 5.39. The van der Waals surface area contributed by atoms with E-state index in [2.05, 4.69) is 19.9 Å². The summed E-state index contributed by atoms with van der Waals surface area (Å²) < 4.78 is 25.6. The molecule has 0 aromatic carbocycles. The van der Waals surface area contributed by atoms with Crippen molar-refractivity contribution in [3.63, 3.8) is 0 Å². The number of rotatable bonds is 4. The Morgan fingerprint density at radius 2 is 2.33 bits per heavy atom. The molecule has 80 valence electrons. The highest BCUT2D eigenvalue weighted by Crippen LogP contribution is 2.06. The molecule has 8 heteroatoms. The highest BCUT2D eigenvalue weighted by Gasteiger charge is 2.14. The van der Waals surface area contributed by atoms with Crippen molar-refractivity contribution in [1.82, 2.24) is 19.9 Å². The van der Waals surface area contributed by atoms with Crippen molar-refractivity contribution in [3.8, 4) is 0 Å². The van der Waals surface area contributed by atoms with Gasteiger partial charge in [-0.1, -0.05) is 0 Å². The zero-order chi connectivity index (χ0) is 10.7. The third-order valence-corrected chi connectivity index (χ3v) is 3.77. The van der Waals surface area contributed by atoms with Crippen LogP contribution in [-0.4, -0.2) is 23.6 Å². The highest BCUT2D eigenvalue weighted by atomic mass is 32.2. The summed E-state index contributed by atoms with van der Waals surface area (Å²) in [5.41, 5.74) is 0. The molecule has 0 bridgehead atoms. The van der Waals surface area contributed by atoms with Crippen molar-refractivity contribution >= 4 is 21.4 Å². The van der Waals surface area contributed by atoms with E-state index >= 15 is 0 Å². The summed E-state index contributed by atoms with van der Waals surface area (Å²) in [5.74, 6) is 0. The first-order chi connectivity index (χ1) is 7.18. The van der Waals surface area contributed by atoms with Gasteiger partial charge >= 0.3 is 0 Å². The van der Waals surface area contributed by atoms with E-state index < -0.39 is 10.0 Å². The van der Waals surface area contributed by atoms with Crippen molar-refractivity contribution in [3.05, 3.63) is 28.8 Å². The fourth-order valence-corrected chi connectivity index (χ4v) is 2.51. The number of aromatic amines is 1. The Kier molecular flexibility index (Phi) is 2.80. The molecule has 2 N–H and O–H groups in total. The summed E-state index contributed by atoms with van der Waals surface area (Å²) in [4.78, 5) is 3.97. The lowest BCUT2D eigenvalue weighted by Crippen LogP contribution is -2.23. The van der Waals surface area contributed by atoms with Crippen LogP contribution in [0.2, 0.25) is 0 Å². The maximum atomic E-state index is 11.6. The van der Waals surface area contributed by atoms with Gasteiger partial charge in [0.25, 0.3) is 10.0 Å². The van der Waals surface area contributed by atoms with Crippen LogP contribution in [0.25, 0.3) is 0 Å². The van der Waals surface area contributed by atoms with Gasteiger partial charge < -0.3 is 0 Å². The molecule has 6 nitrogen and oxygen atoms in total. The Hall–Kier alpha value is -1.25. The topological polar surface area (TPSA) is 87.7 Å². The number of hydrogen-bond donors (Lipinski definition) is 2. The molecule has 0 fully saturated rings. The summed E-state index contributed by atoms with van der Waals surface area (Å²) >= 11 is 1.40. The lowest BCUT2D eigenvalue weighted by atomic mass is 10.7. The number of H-pyrrole nitrogens is 1. The molecule has 2 rings (SSSR count). The van der Waals surface area contributed by atoms with Crippen LogP contribution in [0.15, 0.2) is 28.9 Å². The van der Waals surface area contributed by atoms with Gasteiger partial charge in [-0.15, -0.1) is 11.3 Å². The predicted molar refractivity (Wildman–Crippen MR) is 54.7 cm³/mol. The van der Waals surface area contributed by atoms with Gasteiger partial charge in [0.1, 0.15) is 5.01 Å². The fourth-order valence-electron chi connectivity index (χ4n) is 0.968. The van der Waals surface area contributed by atoms with Crippen molar-refractivity contribution in [1.29, 1.82) is 0 Å². The van der Waals surface area contributed by atoms with Gasteiger partial charge in [-0.2, -0.15) is 5.10 Å². The average molecular weight is 244 g/mol. The number of nitrogens with zero attached hydrogens (tertiary/aromatic N) is 2. The van der Waals surface area contributed by atoms with Crippen LogP contribution in [0.3, 0.4) is 0 Å². The molecule has 15 heavy (non-hydrogen) atoms. The quantitative estimate of drug-likeness (QED) is 0.812. The minimum absolute atomic E-state index is 0.0547. The Labute approximate surface area is 90.4 Å². The summed E-state index contributed by atoms with van der Waals surface area (Å²) in [7, 11) is -3.49. The molecule has 0 amide bonds. The Balaban J connectivity index is 2.06. The predicted octanol–water partition coefficient (Wildman–Crippen LogP) is 0.345. The smallest absolute Gasteiger partial charge is 0.257 e. The Bertz CT molecular complexity index is 503. The first kappa shape index (κ1) is 10.3. The van der Waals surface area contributed by atoms with Crippen molar-refractivity contribution in [2.75, 3.05) is 0 Å². The summed E-state index contributed by atoms with van der Waals surface area (Å²) in [6.07, 6.45) is 3.02. The van der Waals surface area contributed by atoms with Crippen LogP contribution in [0, 0.1) is 0 Å². The number of thiazole rings is 1. The molecule has 0 aliphatic rings. The van der Waals surface area contributed by atoms with Crippen LogP contribution in [0.4, 0.5) is 0 Å². The summed E-state index contributed by atoms with van der Waals surface area (Å²) in [6, 6.07) is 1.39. The third-order valence-electron chi connectivity index (χ3n) is 1.66. The number of hydrogen-bond acceptors (Lipinski definition) is 5. The van der Waals surface area contributed by atoms with Crippen LogP contribution < -0.4 is 4.72 Å². The largest absolute Gasteiger partial charge is 0.266 e. The molecule has 0 radical (unpaired) electrons. The third kappa shape index (κ3) is 2.41. The first-order valence-electron chi connectivity index (χ1n) is 4.06. The Morgan fingerprint density at radius 1 is 1.47 bits per heavy atom. The molecule has 0 spiro atoms. The van der Waals surface area contributed by atoms with Gasteiger partial charge in [0.05, 0.1) is 12.7 Å². The van der Waals surface area contributed by atoms with E-state index in [-0.39, 0.29) is 11.6 Å². The average Bonchev–Trinajstić information content (AvgIpc) is 2.88. The molecule has 0 atom stereocenters. The standard InChI is InChI=1S/C7H8N4O2S2/c12-15(13,7-1-2-9-11-7)10-5-6-8-3-4-14-6/h1-4,10H,5H2,(H,9,11). The molecule has 2 heterocycles. The molecule has 0 saturated carbocycles. The van der Waals surface area contributed by atoms with E-state index in [0.29, 0.717) is 0 Å². The second-order valence-electron chi connectivity index (χ2n) is 2.67. The SMILES string of the molecule is O=S(=O)(NCc1nccs1)c1ccn[nH]1. The second kappa shape index (κ2) is 4.09. The molecule has 0 aliphatic carbocycles. The maximum absolute atomic E-state index is 11.6. The van der Waals surface area contributed by atoms with Crippen molar-refractivity contribution in [2.45, 2.75) is 11.6 Å². The maximum Gasteiger partial charge on any atom is 0.257 e. The van der Waals surface area contributed by atoms with Crippen LogP contribution in [-0.2, 0) is 16.6 Å². The zero-order valence-electron chi connectivity index (χ0n) is 7.54. The van der Waals surface area contributed by atoms with E-state index in [4.69, 9.17) is 0 Å². The number of aromatic nitrogens is 3. The minimum atomic E-state index is -3.49.